The van der Waals surface area contributed by atoms with E-state index in [2.05, 4.69) is 11.1 Å². The number of anilines is 3. The van der Waals surface area contributed by atoms with Crippen LogP contribution in [-0.2, 0) is 17.6 Å². The highest BCUT2D eigenvalue weighted by Gasteiger charge is 2.29. The van der Waals surface area contributed by atoms with Crippen LogP contribution >= 0.6 is 0 Å². The molecule has 0 radical (unpaired) electrons. The summed E-state index contributed by atoms with van der Waals surface area (Å²) in [5.41, 5.74) is 10.5. The number of carbonyl (C=O) groups is 2. The van der Waals surface area contributed by atoms with Gasteiger partial charge in [-0.05, 0) is 66.1 Å². The van der Waals surface area contributed by atoms with Crippen LogP contribution in [0.2, 0.25) is 0 Å². The van der Waals surface area contributed by atoms with Gasteiger partial charge < -0.3 is 20.4 Å². The van der Waals surface area contributed by atoms with E-state index in [0.717, 1.165) is 11.1 Å². The lowest BCUT2D eigenvalue weighted by Gasteiger charge is -2.34. The molecule has 2 aliphatic heterocycles. The third-order valence-electron chi connectivity index (χ3n) is 7.73. The van der Waals surface area contributed by atoms with Crippen LogP contribution in [0.25, 0.3) is 11.3 Å². The Kier molecular flexibility index (Phi) is 7.23. The molecule has 42 heavy (non-hydrogen) atoms. The minimum atomic E-state index is -0.421. The van der Waals surface area contributed by atoms with Gasteiger partial charge in [-0.3, -0.25) is 9.59 Å². The number of nitrogens with zero attached hydrogens (tertiary/aromatic N) is 6. The van der Waals surface area contributed by atoms with Crippen molar-refractivity contribution in [2.75, 3.05) is 48.3 Å². The first-order chi connectivity index (χ1) is 20.4. The van der Waals surface area contributed by atoms with E-state index in [0.29, 0.717) is 78.9 Å². The van der Waals surface area contributed by atoms with E-state index in [1.54, 1.807) is 65.7 Å². The zero-order chi connectivity index (χ0) is 29.2. The number of nitrogens with two attached hydrogens (primary N) is 1. The number of piperazine rings is 1. The van der Waals surface area contributed by atoms with Crippen molar-refractivity contribution in [3.63, 3.8) is 0 Å². The van der Waals surface area contributed by atoms with Gasteiger partial charge in [0.05, 0.1) is 23.4 Å². The highest BCUT2D eigenvalue weighted by molar-refractivity contribution is 5.99. The van der Waals surface area contributed by atoms with Crippen molar-refractivity contribution in [3.8, 4) is 17.3 Å². The Bertz CT molecular complexity index is 1710. The normalized spacial score (nSPS) is 14.4. The molecule has 0 unspecified atom stereocenters. The van der Waals surface area contributed by atoms with E-state index < -0.39 is 5.82 Å². The van der Waals surface area contributed by atoms with Crippen molar-refractivity contribution in [3.05, 3.63) is 101 Å². The van der Waals surface area contributed by atoms with Crippen molar-refractivity contribution in [2.45, 2.75) is 12.8 Å². The van der Waals surface area contributed by atoms with Gasteiger partial charge in [-0.1, -0.05) is 18.2 Å². The molecule has 1 aromatic heterocycles. The average Bonchev–Trinajstić information content (AvgIpc) is 3.46. The van der Waals surface area contributed by atoms with Gasteiger partial charge in [0.15, 0.2) is 0 Å². The van der Waals surface area contributed by atoms with Gasteiger partial charge in [-0.15, -0.1) is 0 Å². The molecule has 0 atom stereocenters. The number of nitrogen functional groups attached to an aromatic ring is 1. The van der Waals surface area contributed by atoms with Crippen molar-refractivity contribution >= 4 is 29.1 Å². The van der Waals surface area contributed by atoms with Gasteiger partial charge in [0.2, 0.25) is 11.9 Å². The third kappa shape index (κ3) is 5.24. The van der Waals surface area contributed by atoms with E-state index in [-0.39, 0.29) is 18.2 Å². The summed E-state index contributed by atoms with van der Waals surface area (Å²) in [6, 6.07) is 20.9. The Hall–Kier alpha value is -5.30. The highest BCUT2D eigenvalue weighted by atomic mass is 19.1. The highest BCUT2D eigenvalue weighted by Crippen LogP contribution is 2.36. The Morgan fingerprint density at radius 3 is 2.48 bits per heavy atom. The van der Waals surface area contributed by atoms with Crippen LogP contribution in [0.4, 0.5) is 21.7 Å². The Morgan fingerprint density at radius 1 is 0.976 bits per heavy atom. The predicted molar refractivity (Wildman–Crippen MR) is 157 cm³/mol. The summed E-state index contributed by atoms with van der Waals surface area (Å²) in [6.45, 7) is 2.65. The molecule has 4 aromatic rings. The molecule has 2 amide bonds. The lowest BCUT2D eigenvalue weighted by Crippen LogP contribution is -2.49. The second-order valence-electron chi connectivity index (χ2n) is 10.4. The van der Waals surface area contributed by atoms with Gasteiger partial charge in [0.1, 0.15) is 11.9 Å². The number of nitriles is 1. The molecule has 3 aromatic carbocycles. The monoisotopic (exact) mass is 561 g/mol. The molecule has 2 N–H and O–H groups in total. The van der Waals surface area contributed by atoms with Gasteiger partial charge in [0.25, 0.3) is 5.91 Å². The van der Waals surface area contributed by atoms with Crippen LogP contribution in [0.15, 0.2) is 72.9 Å². The van der Waals surface area contributed by atoms with Crippen LogP contribution in [0.3, 0.4) is 0 Å². The van der Waals surface area contributed by atoms with E-state index in [4.69, 9.17) is 10.7 Å². The van der Waals surface area contributed by atoms with Gasteiger partial charge >= 0.3 is 0 Å². The number of amides is 2. The summed E-state index contributed by atoms with van der Waals surface area (Å²) in [4.78, 5) is 40.7. The number of aromatic nitrogens is 2. The molecule has 0 saturated carbocycles. The molecule has 9 nitrogen and oxygen atoms in total. The van der Waals surface area contributed by atoms with Crippen molar-refractivity contribution in [1.29, 1.82) is 5.26 Å². The Morgan fingerprint density at radius 2 is 1.74 bits per heavy atom. The maximum atomic E-state index is 14.2. The molecule has 0 bridgehead atoms. The van der Waals surface area contributed by atoms with Gasteiger partial charge in [-0.25, -0.2) is 14.4 Å². The number of benzene rings is 3. The quantitative estimate of drug-likeness (QED) is 0.368. The second kappa shape index (κ2) is 11.3. The van der Waals surface area contributed by atoms with Crippen LogP contribution in [0.1, 0.15) is 27.0 Å². The molecule has 10 heteroatoms. The summed E-state index contributed by atoms with van der Waals surface area (Å²) in [6.07, 6.45) is 2.20. The summed E-state index contributed by atoms with van der Waals surface area (Å²) in [5.74, 6) is -0.155. The predicted octanol–water partition coefficient (Wildman–Crippen LogP) is 3.83. The van der Waals surface area contributed by atoms with Gasteiger partial charge in [0, 0.05) is 55.7 Å². The molecular formula is C32H28FN7O2. The molecule has 3 heterocycles. The lowest BCUT2D eigenvalue weighted by molar-refractivity contribution is -0.117. The fourth-order valence-corrected chi connectivity index (χ4v) is 5.51. The number of carbonyl (C=O) groups excluding carboxylic acids is 2. The van der Waals surface area contributed by atoms with E-state index in [1.807, 2.05) is 15.9 Å². The molecular weight excluding hydrogens is 533 g/mol. The molecule has 6 rings (SSSR count). The minimum absolute atomic E-state index is 0.0343. The summed E-state index contributed by atoms with van der Waals surface area (Å²) in [5, 5.41) is 10.0. The summed E-state index contributed by atoms with van der Waals surface area (Å²) < 4.78 is 14.2. The van der Waals surface area contributed by atoms with Crippen molar-refractivity contribution in [1.82, 2.24) is 14.9 Å². The van der Waals surface area contributed by atoms with E-state index in [1.165, 1.54) is 6.07 Å². The largest absolute Gasteiger partial charge is 0.399 e. The number of hydrogen-bond donors (Lipinski definition) is 1. The maximum Gasteiger partial charge on any atom is 0.253 e. The summed E-state index contributed by atoms with van der Waals surface area (Å²) in [7, 11) is 0. The number of halogens is 1. The lowest BCUT2D eigenvalue weighted by atomic mass is 10.0. The topological polar surface area (TPSA) is 119 Å². The van der Waals surface area contributed by atoms with E-state index in [9.17, 15) is 19.2 Å². The molecule has 0 spiro atoms. The zero-order valence-electron chi connectivity index (χ0n) is 22.8. The van der Waals surface area contributed by atoms with Gasteiger partial charge in [-0.2, -0.15) is 5.26 Å². The number of fused-ring (bicyclic) bond motifs is 1. The fourth-order valence-electron chi connectivity index (χ4n) is 5.51. The smallest absolute Gasteiger partial charge is 0.253 e. The van der Waals surface area contributed by atoms with Crippen LogP contribution in [0, 0.1) is 17.1 Å². The summed E-state index contributed by atoms with van der Waals surface area (Å²) >= 11 is 0. The second-order valence-corrected chi connectivity index (χ2v) is 10.4. The first-order valence-electron chi connectivity index (χ1n) is 13.8. The zero-order valence-corrected chi connectivity index (χ0v) is 22.8. The SMILES string of the molecule is N#Cc1cc(-c2ccnc(N3CCN(C(=O)c4ccc(N)cc4)CC3)n2)cc2c1N(C(=O)Cc1ccccc1F)CC2. The number of rotatable bonds is 5. The molecule has 1 fully saturated rings. The Labute approximate surface area is 242 Å². The first-order valence-corrected chi connectivity index (χ1v) is 13.8. The number of hydrogen-bond acceptors (Lipinski definition) is 7. The first kappa shape index (κ1) is 26.9. The standard InChI is InChI=1S/C32H28FN7O2/c33-27-4-2-1-3-22(27)19-29(41)40-12-10-23-17-24(18-25(20-34)30(23)40)28-9-11-36-32(37-28)39-15-13-38(14-16-39)31(42)21-5-7-26(35)8-6-21/h1-9,11,17-18H,10,12-16,19,35H2. The van der Waals surface area contributed by atoms with Crippen LogP contribution in [0.5, 0.6) is 0 Å². The Balaban J connectivity index is 1.18. The van der Waals surface area contributed by atoms with Crippen molar-refractivity contribution in [2.24, 2.45) is 0 Å². The average molecular weight is 562 g/mol. The van der Waals surface area contributed by atoms with Crippen LogP contribution < -0.4 is 15.5 Å². The van der Waals surface area contributed by atoms with Crippen LogP contribution in [-0.4, -0.2) is 59.4 Å². The molecule has 0 aliphatic carbocycles. The maximum absolute atomic E-state index is 14.2. The van der Waals surface area contributed by atoms with Crippen molar-refractivity contribution < 1.29 is 14.0 Å². The molecule has 1 saturated heterocycles. The fraction of sp³-hybridized carbons (Fsp3) is 0.219. The third-order valence-corrected chi connectivity index (χ3v) is 7.73. The molecule has 210 valence electrons. The van der Waals surface area contributed by atoms with E-state index >= 15 is 0 Å². The molecule has 2 aliphatic rings. The minimum Gasteiger partial charge on any atom is -0.399 e.